The van der Waals surface area contributed by atoms with Crippen LogP contribution in [0, 0.1) is 5.82 Å². The summed E-state index contributed by atoms with van der Waals surface area (Å²) in [6, 6.07) is 2.28. The fourth-order valence-corrected chi connectivity index (χ4v) is 1.48. The average Bonchev–Trinajstić information content (AvgIpc) is 2.12. The number of nitrogen functional groups attached to an aromatic ring is 1. The largest absolute Gasteiger partial charge is 0.397 e. The van der Waals surface area contributed by atoms with Crippen molar-refractivity contribution in [2.45, 2.75) is 19.4 Å². The van der Waals surface area contributed by atoms with E-state index in [1.54, 1.807) is 6.92 Å². The molecular weight excluding hydrogens is 233 g/mol. The molecule has 0 bridgehead atoms. The summed E-state index contributed by atoms with van der Waals surface area (Å²) < 4.78 is 13.2. The minimum Gasteiger partial charge on any atom is -0.397 e. The smallest absolute Gasteiger partial charge is 0.219 e. The number of carbonyl (C=O) groups is 1. The van der Waals surface area contributed by atoms with Gasteiger partial charge in [-0.2, -0.15) is 0 Å². The summed E-state index contributed by atoms with van der Waals surface area (Å²) in [5, 5.41) is 2.85. The molecule has 4 nitrogen and oxygen atoms in total. The number of anilines is 2. The zero-order chi connectivity index (χ0) is 12.3. The summed E-state index contributed by atoms with van der Waals surface area (Å²) in [6.07, 6.45) is 0.143. The Labute approximate surface area is 97.8 Å². The topological polar surface area (TPSA) is 81.1 Å². The fraction of sp³-hybridized carbons (Fsp3) is 0.300. The first kappa shape index (κ1) is 12.6. The van der Waals surface area contributed by atoms with Crippen LogP contribution >= 0.6 is 11.6 Å². The Morgan fingerprint density at radius 2 is 2.25 bits per heavy atom. The van der Waals surface area contributed by atoms with Crippen LogP contribution in [0.3, 0.4) is 0 Å². The highest BCUT2D eigenvalue weighted by Crippen LogP contribution is 2.26. The summed E-state index contributed by atoms with van der Waals surface area (Å²) in [5.74, 6) is -1.00. The normalized spacial score (nSPS) is 12.2. The highest BCUT2D eigenvalue weighted by atomic mass is 35.5. The lowest BCUT2D eigenvalue weighted by atomic mass is 10.2. The first-order chi connectivity index (χ1) is 7.40. The lowest BCUT2D eigenvalue weighted by Crippen LogP contribution is -2.24. The number of nitrogens with two attached hydrogens (primary N) is 2. The van der Waals surface area contributed by atoms with E-state index >= 15 is 0 Å². The van der Waals surface area contributed by atoms with Crippen molar-refractivity contribution in [2.75, 3.05) is 11.1 Å². The Kier molecular flexibility index (Phi) is 3.95. The number of rotatable bonds is 4. The van der Waals surface area contributed by atoms with Gasteiger partial charge in [0.1, 0.15) is 5.82 Å². The minimum absolute atomic E-state index is 0.0365. The average molecular weight is 246 g/mol. The van der Waals surface area contributed by atoms with Crippen LogP contribution < -0.4 is 16.8 Å². The number of halogens is 2. The summed E-state index contributed by atoms with van der Waals surface area (Å²) in [7, 11) is 0. The second-order valence-corrected chi connectivity index (χ2v) is 3.98. The monoisotopic (exact) mass is 245 g/mol. The van der Waals surface area contributed by atoms with Crippen LogP contribution in [0.5, 0.6) is 0 Å². The highest BCUT2D eigenvalue weighted by Gasteiger charge is 2.10. The van der Waals surface area contributed by atoms with Gasteiger partial charge >= 0.3 is 0 Å². The molecular formula is C10H13ClFN3O. The number of benzene rings is 1. The van der Waals surface area contributed by atoms with Crippen LogP contribution in [-0.4, -0.2) is 11.9 Å². The molecule has 0 heterocycles. The maximum atomic E-state index is 13.2. The Balaban J connectivity index is 2.81. The van der Waals surface area contributed by atoms with Gasteiger partial charge in [-0.15, -0.1) is 0 Å². The summed E-state index contributed by atoms with van der Waals surface area (Å²) in [6.45, 7) is 1.75. The number of nitrogens with one attached hydrogen (secondary N) is 1. The van der Waals surface area contributed by atoms with Crippen molar-refractivity contribution < 1.29 is 9.18 Å². The van der Waals surface area contributed by atoms with Crippen LogP contribution in [0.25, 0.3) is 0 Å². The van der Waals surface area contributed by atoms with E-state index in [-0.39, 0.29) is 17.5 Å². The number of primary amides is 1. The van der Waals surface area contributed by atoms with Crippen molar-refractivity contribution in [3.05, 3.63) is 23.0 Å². The van der Waals surface area contributed by atoms with E-state index < -0.39 is 11.7 Å². The molecule has 0 fully saturated rings. The van der Waals surface area contributed by atoms with Gasteiger partial charge in [0.05, 0.1) is 16.4 Å². The van der Waals surface area contributed by atoms with E-state index in [0.29, 0.717) is 11.4 Å². The van der Waals surface area contributed by atoms with Gasteiger partial charge in [-0.25, -0.2) is 4.39 Å². The molecule has 1 unspecified atom stereocenters. The maximum Gasteiger partial charge on any atom is 0.219 e. The number of amides is 1. The number of hydrogen-bond acceptors (Lipinski definition) is 3. The van der Waals surface area contributed by atoms with Gasteiger partial charge < -0.3 is 16.8 Å². The van der Waals surface area contributed by atoms with Gasteiger partial charge in [0.2, 0.25) is 5.91 Å². The SMILES string of the molecule is CC(CC(N)=O)Nc1cc(F)c(Cl)cc1N. The van der Waals surface area contributed by atoms with Crippen molar-refractivity contribution >= 4 is 28.9 Å². The highest BCUT2D eigenvalue weighted by molar-refractivity contribution is 6.31. The van der Waals surface area contributed by atoms with Crippen LogP contribution in [0.4, 0.5) is 15.8 Å². The molecule has 1 aromatic carbocycles. The molecule has 0 aliphatic carbocycles. The number of carbonyl (C=O) groups excluding carboxylic acids is 1. The molecule has 1 rings (SSSR count). The van der Waals surface area contributed by atoms with E-state index in [0.717, 1.165) is 0 Å². The maximum absolute atomic E-state index is 13.2. The summed E-state index contributed by atoms with van der Waals surface area (Å²) in [5.41, 5.74) is 11.4. The lowest BCUT2D eigenvalue weighted by molar-refractivity contribution is -0.118. The molecule has 16 heavy (non-hydrogen) atoms. The third-order valence-electron chi connectivity index (χ3n) is 2.00. The third kappa shape index (κ3) is 3.27. The molecule has 1 amide bonds. The Bertz CT molecular complexity index is 411. The molecule has 0 saturated carbocycles. The molecule has 1 atom stereocenters. The standard InChI is InChI=1S/C10H13ClFN3O/c1-5(2-10(14)16)15-9-4-7(12)6(11)3-8(9)13/h3-5,15H,2,13H2,1H3,(H2,14,16). The molecule has 0 spiro atoms. The van der Waals surface area contributed by atoms with Crippen LogP contribution in [-0.2, 0) is 4.79 Å². The van der Waals surface area contributed by atoms with Gasteiger partial charge in [0.25, 0.3) is 0 Å². The van der Waals surface area contributed by atoms with E-state index in [2.05, 4.69) is 5.32 Å². The zero-order valence-corrected chi connectivity index (χ0v) is 9.51. The van der Waals surface area contributed by atoms with E-state index in [1.165, 1.54) is 12.1 Å². The van der Waals surface area contributed by atoms with E-state index in [4.69, 9.17) is 23.1 Å². The van der Waals surface area contributed by atoms with Gasteiger partial charge in [-0.3, -0.25) is 4.79 Å². The van der Waals surface area contributed by atoms with Crippen molar-refractivity contribution in [1.82, 2.24) is 0 Å². The van der Waals surface area contributed by atoms with Gasteiger partial charge in [0.15, 0.2) is 0 Å². The second kappa shape index (κ2) is 5.03. The second-order valence-electron chi connectivity index (χ2n) is 3.57. The molecule has 1 aromatic rings. The molecule has 6 heteroatoms. The van der Waals surface area contributed by atoms with Crippen molar-refractivity contribution in [3.8, 4) is 0 Å². The van der Waals surface area contributed by atoms with Crippen molar-refractivity contribution in [3.63, 3.8) is 0 Å². The van der Waals surface area contributed by atoms with Crippen LogP contribution in [0.1, 0.15) is 13.3 Å². The van der Waals surface area contributed by atoms with Crippen LogP contribution in [0.2, 0.25) is 5.02 Å². The molecule has 0 radical (unpaired) electrons. The molecule has 0 aliphatic heterocycles. The molecule has 88 valence electrons. The lowest BCUT2D eigenvalue weighted by Gasteiger charge is -2.15. The Hall–Kier alpha value is -1.49. The summed E-state index contributed by atoms with van der Waals surface area (Å²) >= 11 is 5.55. The molecule has 0 saturated heterocycles. The van der Waals surface area contributed by atoms with Gasteiger partial charge in [-0.1, -0.05) is 11.6 Å². The summed E-state index contributed by atoms with van der Waals surface area (Å²) in [4.78, 5) is 10.7. The predicted molar refractivity (Wildman–Crippen MR) is 62.7 cm³/mol. The first-order valence-corrected chi connectivity index (χ1v) is 5.07. The molecule has 0 aromatic heterocycles. The van der Waals surface area contributed by atoms with Crippen molar-refractivity contribution in [2.24, 2.45) is 5.73 Å². The Morgan fingerprint density at radius 1 is 1.62 bits per heavy atom. The number of hydrogen-bond donors (Lipinski definition) is 3. The van der Waals surface area contributed by atoms with Crippen molar-refractivity contribution in [1.29, 1.82) is 0 Å². The quantitative estimate of drug-likeness (QED) is 0.707. The third-order valence-corrected chi connectivity index (χ3v) is 2.29. The minimum atomic E-state index is -0.565. The van der Waals surface area contributed by atoms with Gasteiger partial charge in [0, 0.05) is 18.5 Å². The van der Waals surface area contributed by atoms with Crippen LogP contribution in [0.15, 0.2) is 12.1 Å². The zero-order valence-electron chi connectivity index (χ0n) is 8.76. The molecule has 5 N–H and O–H groups in total. The van der Waals surface area contributed by atoms with E-state index in [9.17, 15) is 9.18 Å². The first-order valence-electron chi connectivity index (χ1n) is 4.69. The fourth-order valence-electron chi connectivity index (χ4n) is 1.31. The van der Waals surface area contributed by atoms with Gasteiger partial charge in [-0.05, 0) is 13.0 Å². The predicted octanol–water partition coefficient (Wildman–Crippen LogP) is 1.74. The Morgan fingerprint density at radius 3 is 2.81 bits per heavy atom. The van der Waals surface area contributed by atoms with E-state index in [1.807, 2.05) is 0 Å². The molecule has 0 aliphatic rings.